The highest BCUT2D eigenvalue weighted by atomic mass is 79.9. The van der Waals surface area contributed by atoms with Gasteiger partial charge in [-0.2, -0.15) is 0 Å². The number of fused-ring (bicyclic) bond motifs is 1. The summed E-state index contributed by atoms with van der Waals surface area (Å²) < 4.78 is 8.40. The Hall–Kier alpha value is -3.70. The molecule has 3 N–H and O–H groups in total. The molecule has 0 saturated carbocycles. The number of tetrazole rings is 1. The molecule has 0 atom stereocenters. The minimum absolute atomic E-state index is 0.0398. The molecule has 0 bridgehead atoms. The quantitative estimate of drug-likeness (QED) is 0.193. The monoisotopic (exact) mass is 583 g/mol. The van der Waals surface area contributed by atoms with Crippen molar-refractivity contribution >= 4 is 33.6 Å². The van der Waals surface area contributed by atoms with E-state index in [0.29, 0.717) is 29.6 Å². The van der Waals surface area contributed by atoms with Crippen LogP contribution in [0, 0.1) is 0 Å². The van der Waals surface area contributed by atoms with Gasteiger partial charge in [0.05, 0.1) is 31.3 Å². The lowest BCUT2D eigenvalue weighted by atomic mass is 9.97. The van der Waals surface area contributed by atoms with Crippen LogP contribution in [0.3, 0.4) is 0 Å². The van der Waals surface area contributed by atoms with Crippen LogP contribution in [0.1, 0.15) is 36.8 Å². The number of benzene rings is 1. The van der Waals surface area contributed by atoms with Gasteiger partial charge < -0.3 is 19.4 Å². The first-order valence-corrected chi connectivity index (χ1v) is 12.9. The lowest BCUT2D eigenvalue weighted by molar-refractivity contribution is 0.193. The van der Waals surface area contributed by atoms with Crippen LogP contribution in [0.15, 0.2) is 51.7 Å². The summed E-state index contributed by atoms with van der Waals surface area (Å²) in [6.07, 6.45) is 4.85. The third-order valence-electron chi connectivity index (χ3n) is 6.25. The van der Waals surface area contributed by atoms with E-state index < -0.39 is 6.09 Å². The highest BCUT2D eigenvalue weighted by Crippen LogP contribution is 2.48. The maximum atomic E-state index is 11.3. The first kappa shape index (κ1) is 25.0. The number of halogens is 2. The number of aromatic nitrogens is 6. The van der Waals surface area contributed by atoms with Gasteiger partial charge in [0, 0.05) is 27.6 Å². The normalized spacial score (nSPS) is 11.3. The fourth-order valence-corrected chi connectivity index (χ4v) is 5.56. The van der Waals surface area contributed by atoms with Gasteiger partial charge >= 0.3 is 6.09 Å². The highest BCUT2D eigenvalue weighted by Gasteiger charge is 2.27. The molecule has 190 valence electrons. The molecule has 37 heavy (non-hydrogen) atoms. The fourth-order valence-electron chi connectivity index (χ4n) is 4.53. The topological polar surface area (TPSA) is 135 Å². The summed E-state index contributed by atoms with van der Waals surface area (Å²) in [5.41, 5.74) is 6.22. The first-order chi connectivity index (χ1) is 18.0. The van der Waals surface area contributed by atoms with E-state index in [1.807, 2.05) is 34.9 Å². The number of rotatable bonds is 9. The number of H-pyrrole nitrogens is 1. The van der Waals surface area contributed by atoms with Gasteiger partial charge in [0.15, 0.2) is 11.0 Å². The molecule has 12 heteroatoms. The second-order valence-electron chi connectivity index (χ2n) is 8.46. The van der Waals surface area contributed by atoms with Gasteiger partial charge in [-0.25, -0.2) is 14.9 Å². The van der Waals surface area contributed by atoms with Crippen molar-refractivity contribution in [1.29, 1.82) is 0 Å². The van der Waals surface area contributed by atoms with Crippen LogP contribution in [0.4, 0.5) is 4.79 Å². The number of nitrogens with one attached hydrogen (secondary N) is 2. The van der Waals surface area contributed by atoms with E-state index in [9.17, 15) is 9.90 Å². The zero-order chi connectivity index (χ0) is 25.9. The molecule has 1 aliphatic heterocycles. The SMILES string of the molecule is CCCCc1nc(Cl)c(CNC(=O)O)n1Cc1c2ccocc-2c(Br)c1-c1ccccc1-c1nnn[nH]1. The lowest BCUT2D eigenvalue weighted by Gasteiger charge is -2.16. The van der Waals surface area contributed by atoms with E-state index in [1.165, 1.54) is 0 Å². The minimum atomic E-state index is -1.13. The predicted octanol–water partition coefficient (Wildman–Crippen LogP) is 6.00. The van der Waals surface area contributed by atoms with Crippen molar-refractivity contribution in [3.05, 3.63) is 69.6 Å². The number of carbonyl (C=O) groups is 1. The van der Waals surface area contributed by atoms with Crippen molar-refractivity contribution < 1.29 is 14.3 Å². The second kappa shape index (κ2) is 10.7. The smallest absolute Gasteiger partial charge is 0.404 e. The van der Waals surface area contributed by atoms with Gasteiger partial charge in [0.1, 0.15) is 5.82 Å². The second-order valence-corrected chi connectivity index (χ2v) is 9.61. The maximum absolute atomic E-state index is 11.3. The zero-order valence-corrected chi connectivity index (χ0v) is 22.2. The van der Waals surface area contributed by atoms with Crippen LogP contribution in [-0.4, -0.2) is 41.4 Å². The summed E-state index contributed by atoms with van der Waals surface area (Å²) in [6.45, 7) is 2.57. The van der Waals surface area contributed by atoms with Gasteiger partial charge in [-0.15, -0.1) is 5.10 Å². The number of hydrogen-bond acceptors (Lipinski definition) is 6. The molecule has 3 heterocycles. The number of amides is 1. The number of unbranched alkanes of at least 4 members (excludes halogenated alkanes) is 1. The number of aromatic amines is 1. The molecule has 2 aromatic heterocycles. The van der Waals surface area contributed by atoms with Gasteiger partial charge in [0.2, 0.25) is 0 Å². The van der Waals surface area contributed by atoms with Crippen molar-refractivity contribution in [2.45, 2.75) is 39.3 Å². The molecule has 3 aromatic rings. The Morgan fingerprint density at radius 1 is 1.22 bits per heavy atom. The molecular formula is C25H23BrClN7O3. The average molecular weight is 585 g/mol. The molecule has 1 aliphatic carbocycles. The minimum Gasteiger partial charge on any atom is -0.472 e. The molecule has 0 saturated heterocycles. The largest absolute Gasteiger partial charge is 0.472 e. The van der Waals surface area contributed by atoms with E-state index in [-0.39, 0.29) is 6.54 Å². The van der Waals surface area contributed by atoms with Crippen LogP contribution in [0.5, 0.6) is 0 Å². The average Bonchev–Trinajstić information content (AvgIpc) is 3.60. The number of nitrogens with zero attached hydrogens (tertiary/aromatic N) is 5. The Morgan fingerprint density at radius 3 is 2.76 bits per heavy atom. The van der Waals surface area contributed by atoms with Crippen molar-refractivity contribution in [3.63, 3.8) is 0 Å². The van der Waals surface area contributed by atoms with E-state index in [4.69, 9.17) is 16.0 Å². The Kier molecular flexibility index (Phi) is 7.24. The summed E-state index contributed by atoms with van der Waals surface area (Å²) in [6, 6.07) is 9.80. The molecule has 0 fully saturated rings. The molecule has 1 aromatic carbocycles. The van der Waals surface area contributed by atoms with Crippen LogP contribution in [0.2, 0.25) is 5.15 Å². The van der Waals surface area contributed by atoms with E-state index in [2.05, 4.69) is 53.8 Å². The first-order valence-electron chi connectivity index (χ1n) is 11.7. The predicted molar refractivity (Wildman–Crippen MR) is 141 cm³/mol. The van der Waals surface area contributed by atoms with Gasteiger partial charge in [-0.05, 0) is 55.5 Å². The number of aryl methyl sites for hydroxylation is 1. The Bertz CT molecular complexity index is 1510. The molecular weight excluding hydrogens is 562 g/mol. The van der Waals surface area contributed by atoms with Crippen LogP contribution in [0.25, 0.3) is 33.6 Å². The van der Waals surface area contributed by atoms with E-state index in [1.54, 1.807) is 12.5 Å². The van der Waals surface area contributed by atoms with Gasteiger partial charge in [-0.3, -0.25) is 0 Å². The van der Waals surface area contributed by atoms with E-state index in [0.717, 1.165) is 56.5 Å². The van der Waals surface area contributed by atoms with Crippen molar-refractivity contribution in [2.75, 3.05) is 0 Å². The molecule has 0 unspecified atom stereocenters. The lowest BCUT2D eigenvalue weighted by Crippen LogP contribution is -2.23. The summed E-state index contributed by atoms with van der Waals surface area (Å²) >= 11 is 10.4. The standard InChI is InChI=1S/C25H23BrClN7O3/c1-2-3-8-20-29-23(27)19(11-28-25(35)36)34(20)12-17-14-9-10-37-13-18(14)22(26)21(17)15-6-4-5-7-16(15)24-30-32-33-31-24/h4-7,9-10,13,28H,2-3,8,11-12H2,1H3,(H,35,36)(H,30,31,32,33). The van der Waals surface area contributed by atoms with Crippen molar-refractivity contribution in [2.24, 2.45) is 0 Å². The molecule has 1 amide bonds. The van der Waals surface area contributed by atoms with E-state index >= 15 is 0 Å². The molecule has 5 rings (SSSR count). The fraction of sp³-hybridized carbons (Fsp3) is 0.240. The Balaban J connectivity index is 1.71. The molecule has 0 spiro atoms. The van der Waals surface area contributed by atoms with Crippen LogP contribution in [-0.2, 0) is 19.5 Å². The highest BCUT2D eigenvalue weighted by molar-refractivity contribution is 9.10. The van der Waals surface area contributed by atoms with Crippen molar-refractivity contribution in [3.8, 4) is 33.6 Å². The summed E-state index contributed by atoms with van der Waals surface area (Å²) in [4.78, 5) is 15.9. The summed E-state index contributed by atoms with van der Waals surface area (Å²) in [7, 11) is 0. The van der Waals surface area contributed by atoms with Gasteiger partial charge in [-0.1, -0.05) is 49.2 Å². The summed E-state index contributed by atoms with van der Waals surface area (Å²) in [5, 5.41) is 26.4. The number of imidazole rings is 1. The third kappa shape index (κ3) is 4.84. The number of carboxylic acid groups (broad SMARTS) is 1. The van der Waals surface area contributed by atoms with Gasteiger partial charge in [0.25, 0.3) is 0 Å². The van der Waals surface area contributed by atoms with Crippen LogP contribution >= 0.6 is 27.5 Å². The number of hydrogen-bond donors (Lipinski definition) is 3. The molecule has 0 radical (unpaired) electrons. The Labute approximate surface area is 225 Å². The van der Waals surface area contributed by atoms with Crippen LogP contribution < -0.4 is 5.32 Å². The summed E-state index contributed by atoms with van der Waals surface area (Å²) in [5.74, 6) is 1.35. The maximum Gasteiger partial charge on any atom is 0.404 e. The molecule has 10 nitrogen and oxygen atoms in total. The molecule has 2 aliphatic rings. The Morgan fingerprint density at radius 2 is 2.03 bits per heavy atom. The zero-order valence-electron chi connectivity index (χ0n) is 19.8. The van der Waals surface area contributed by atoms with Crippen molar-refractivity contribution in [1.82, 2.24) is 35.5 Å². The third-order valence-corrected chi connectivity index (χ3v) is 7.38.